The number of furan rings is 1. The normalized spacial score (nSPS) is 10.8. The number of nitrogens with one attached hydrogen (secondary N) is 1. The number of rotatable bonds is 9. The van der Waals surface area contributed by atoms with E-state index in [1.807, 2.05) is 30.3 Å². The smallest absolute Gasteiger partial charge is 0.163 e. The number of ketones is 1. The lowest BCUT2D eigenvalue weighted by molar-refractivity contribution is 0.0971. The van der Waals surface area contributed by atoms with Crippen molar-refractivity contribution in [2.24, 2.45) is 0 Å². The lowest BCUT2D eigenvalue weighted by atomic mass is 9.97. The molecular formula is C27H26N2O3. The van der Waals surface area contributed by atoms with Gasteiger partial charge in [0.15, 0.2) is 5.78 Å². The van der Waals surface area contributed by atoms with Gasteiger partial charge in [-0.2, -0.15) is 0 Å². The monoisotopic (exact) mass is 426 g/mol. The molecule has 0 atom stereocenters. The molecule has 162 valence electrons. The molecule has 4 aromatic rings. The highest BCUT2D eigenvalue weighted by atomic mass is 16.3. The summed E-state index contributed by atoms with van der Waals surface area (Å²) in [5.41, 5.74) is 5.63. The molecule has 0 aliphatic carbocycles. The molecule has 5 nitrogen and oxygen atoms in total. The fourth-order valence-electron chi connectivity index (χ4n) is 3.80. The Hall–Kier alpha value is -3.70. The molecule has 2 aromatic heterocycles. The lowest BCUT2D eigenvalue weighted by Crippen LogP contribution is -2.05. The summed E-state index contributed by atoms with van der Waals surface area (Å²) in [6.07, 6.45) is 4.89. The molecule has 2 N–H and O–H groups in total. The minimum absolute atomic E-state index is 0.0165. The molecule has 0 unspecified atom stereocenters. The van der Waals surface area contributed by atoms with Crippen LogP contribution >= 0.6 is 0 Å². The zero-order chi connectivity index (χ0) is 22.3. The molecule has 0 saturated heterocycles. The van der Waals surface area contributed by atoms with Crippen LogP contribution in [0.15, 0.2) is 83.6 Å². The summed E-state index contributed by atoms with van der Waals surface area (Å²) in [5.74, 6) is 1.27. The highest BCUT2D eigenvalue weighted by Gasteiger charge is 2.18. The van der Waals surface area contributed by atoms with Crippen LogP contribution in [0, 0.1) is 6.92 Å². The van der Waals surface area contributed by atoms with Gasteiger partial charge in [-0.1, -0.05) is 42.0 Å². The molecule has 0 aliphatic heterocycles. The third kappa shape index (κ3) is 5.13. The van der Waals surface area contributed by atoms with E-state index in [0.29, 0.717) is 29.1 Å². The number of aliphatic hydroxyl groups excluding tert-OH is 1. The fourth-order valence-corrected chi connectivity index (χ4v) is 3.80. The van der Waals surface area contributed by atoms with Gasteiger partial charge in [0.1, 0.15) is 11.6 Å². The van der Waals surface area contributed by atoms with E-state index in [1.54, 1.807) is 24.6 Å². The second-order valence-corrected chi connectivity index (χ2v) is 7.80. The highest BCUT2D eigenvalue weighted by molar-refractivity contribution is 6.04. The molecule has 0 radical (unpaired) electrons. The van der Waals surface area contributed by atoms with Gasteiger partial charge >= 0.3 is 0 Å². The Morgan fingerprint density at radius 1 is 1.03 bits per heavy atom. The summed E-state index contributed by atoms with van der Waals surface area (Å²) < 4.78 is 5.65. The van der Waals surface area contributed by atoms with Crippen molar-refractivity contribution >= 4 is 17.3 Å². The number of aryl methyl sites for hydroxylation is 1. The molecule has 0 spiro atoms. The Labute approximate surface area is 187 Å². The number of hydrogen-bond donors (Lipinski definition) is 2. The van der Waals surface area contributed by atoms with Gasteiger partial charge in [-0.3, -0.25) is 4.79 Å². The van der Waals surface area contributed by atoms with E-state index in [2.05, 4.69) is 41.5 Å². The zero-order valence-corrected chi connectivity index (χ0v) is 18.0. The molecule has 0 bridgehead atoms. The molecule has 32 heavy (non-hydrogen) atoms. The van der Waals surface area contributed by atoms with Crippen LogP contribution in [0.2, 0.25) is 0 Å². The van der Waals surface area contributed by atoms with Crippen LogP contribution in [-0.4, -0.2) is 22.5 Å². The topological polar surface area (TPSA) is 75.4 Å². The van der Waals surface area contributed by atoms with Gasteiger partial charge in [0.05, 0.1) is 17.5 Å². The molecule has 4 rings (SSSR count). The molecular weight excluding hydrogens is 400 g/mol. The van der Waals surface area contributed by atoms with E-state index < -0.39 is 0 Å². The maximum Gasteiger partial charge on any atom is 0.163 e. The Bertz CT molecular complexity index is 1200. The Morgan fingerprint density at radius 3 is 2.66 bits per heavy atom. The van der Waals surface area contributed by atoms with Crippen molar-refractivity contribution in [2.45, 2.75) is 26.2 Å². The first-order valence-corrected chi connectivity index (χ1v) is 10.7. The number of aliphatic hydroxyl groups is 1. The highest BCUT2D eigenvalue weighted by Crippen LogP contribution is 2.34. The van der Waals surface area contributed by atoms with Crippen LogP contribution in [0.5, 0.6) is 0 Å². The zero-order valence-electron chi connectivity index (χ0n) is 18.0. The van der Waals surface area contributed by atoms with Crippen LogP contribution in [0.4, 0.5) is 11.5 Å². The van der Waals surface area contributed by atoms with E-state index in [0.717, 1.165) is 17.7 Å². The van der Waals surface area contributed by atoms with Crippen LogP contribution in [-0.2, 0) is 6.42 Å². The summed E-state index contributed by atoms with van der Waals surface area (Å²) in [4.78, 5) is 17.3. The molecule has 0 fully saturated rings. The summed E-state index contributed by atoms with van der Waals surface area (Å²) in [5, 5.41) is 12.5. The summed E-state index contributed by atoms with van der Waals surface area (Å²) in [7, 11) is 0. The van der Waals surface area contributed by atoms with E-state index in [1.165, 1.54) is 11.1 Å². The molecule has 0 amide bonds. The maximum absolute atomic E-state index is 12.8. The number of hydrogen-bond acceptors (Lipinski definition) is 5. The van der Waals surface area contributed by atoms with Crippen LogP contribution in [0.3, 0.4) is 0 Å². The number of carbonyl (C=O) groups is 1. The Kier molecular flexibility index (Phi) is 6.78. The number of anilines is 2. The van der Waals surface area contributed by atoms with Crippen molar-refractivity contribution in [3.8, 4) is 11.3 Å². The van der Waals surface area contributed by atoms with Gasteiger partial charge in [0.2, 0.25) is 0 Å². The largest absolute Gasteiger partial charge is 0.464 e. The summed E-state index contributed by atoms with van der Waals surface area (Å²) in [6.45, 7) is 2.07. The van der Waals surface area contributed by atoms with E-state index in [4.69, 9.17) is 9.52 Å². The second kappa shape index (κ2) is 10.1. The number of Topliss-reactive ketones (excluding diaryl/α,β-unsaturated/α-hetero) is 1. The van der Waals surface area contributed by atoms with Crippen molar-refractivity contribution in [1.29, 1.82) is 0 Å². The first-order valence-electron chi connectivity index (χ1n) is 10.7. The number of benzene rings is 2. The molecule has 2 heterocycles. The summed E-state index contributed by atoms with van der Waals surface area (Å²) in [6, 6.07) is 21.7. The quantitative estimate of drug-likeness (QED) is 0.324. The van der Waals surface area contributed by atoms with Crippen molar-refractivity contribution in [2.75, 3.05) is 11.9 Å². The van der Waals surface area contributed by atoms with Gasteiger partial charge in [-0.15, -0.1) is 0 Å². The lowest BCUT2D eigenvalue weighted by Gasteiger charge is -2.15. The SMILES string of the molecule is Cc1cccc(Cc2ccnc(Nc3cccc(C(=O)CCCO)c3-c3ccco3)c2)c1. The van der Waals surface area contributed by atoms with Crippen LogP contribution in [0.25, 0.3) is 11.3 Å². The molecule has 0 saturated carbocycles. The van der Waals surface area contributed by atoms with Crippen molar-refractivity contribution in [3.05, 3.63) is 101 Å². The van der Waals surface area contributed by atoms with E-state index >= 15 is 0 Å². The predicted octanol–water partition coefficient (Wildman–Crippen LogP) is 5.94. The maximum atomic E-state index is 12.8. The van der Waals surface area contributed by atoms with Gasteiger partial charge in [0.25, 0.3) is 0 Å². The van der Waals surface area contributed by atoms with Gasteiger partial charge < -0.3 is 14.8 Å². The summed E-state index contributed by atoms with van der Waals surface area (Å²) >= 11 is 0. The van der Waals surface area contributed by atoms with Crippen LogP contribution in [0.1, 0.15) is 39.9 Å². The minimum Gasteiger partial charge on any atom is -0.464 e. The van der Waals surface area contributed by atoms with Gasteiger partial charge in [-0.05, 0) is 61.2 Å². The first-order chi connectivity index (χ1) is 15.6. The average Bonchev–Trinajstić information content (AvgIpc) is 3.32. The Balaban J connectivity index is 1.65. The Morgan fingerprint density at radius 2 is 1.88 bits per heavy atom. The molecule has 0 aliphatic rings. The third-order valence-electron chi connectivity index (χ3n) is 5.27. The second-order valence-electron chi connectivity index (χ2n) is 7.80. The average molecular weight is 427 g/mol. The van der Waals surface area contributed by atoms with Crippen molar-refractivity contribution in [3.63, 3.8) is 0 Å². The number of aromatic nitrogens is 1. The first kappa shape index (κ1) is 21.5. The van der Waals surface area contributed by atoms with Crippen molar-refractivity contribution < 1.29 is 14.3 Å². The number of pyridine rings is 1. The fraction of sp³-hybridized carbons (Fsp3) is 0.185. The number of nitrogens with zero attached hydrogens (tertiary/aromatic N) is 1. The standard InChI is InChI=1S/C27H26N2O3/c1-19-6-2-7-20(16-19)17-21-12-13-28-26(18-21)29-23-9-3-8-22(24(31)10-4-14-30)27(23)25-11-5-15-32-25/h2-3,5-9,11-13,15-16,18,30H,4,10,14,17H2,1H3,(H,28,29). The van der Waals surface area contributed by atoms with E-state index in [9.17, 15) is 4.79 Å². The number of carbonyl (C=O) groups excluding carboxylic acids is 1. The minimum atomic E-state index is -0.0322. The van der Waals surface area contributed by atoms with Crippen LogP contribution < -0.4 is 5.32 Å². The van der Waals surface area contributed by atoms with Crippen molar-refractivity contribution in [1.82, 2.24) is 4.98 Å². The molecule has 5 heteroatoms. The van der Waals surface area contributed by atoms with Gasteiger partial charge in [-0.25, -0.2) is 4.98 Å². The predicted molar refractivity (Wildman–Crippen MR) is 126 cm³/mol. The third-order valence-corrected chi connectivity index (χ3v) is 5.27. The van der Waals surface area contributed by atoms with E-state index in [-0.39, 0.29) is 18.8 Å². The molecule has 2 aromatic carbocycles. The van der Waals surface area contributed by atoms with Gasteiger partial charge in [0, 0.05) is 24.8 Å².